The van der Waals surface area contributed by atoms with Gasteiger partial charge in [-0.2, -0.15) is 0 Å². The van der Waals surface area contributed by atoms with Crippen molar-refractivity contribution in [1.29, 1.82) is 0 Å². The van der Waals surface area contributed by atoms with Crippen LogP contribution in [0.5, 0.6) is 0 Å². The van der Waals surface area contributed by atoms with Crippen molar-refractivity contribution < 1.29 is 14.8 Å². The molecule has 1 unspecified atom stereocenters. The molecule has 1 atom stereocenters. The number of aromatic carboxylic acids is 1. The number of unbranched alkanes of at least 4 members (excludes halogenated alkanes) is 2. The normalized spacial score (nSPS) is 12.0. The summed E-state index contributed by atoms with van der Waals surface area (Å²) >= 11 is 6.00. The highest BCUT2D eigenvalue weighted by molar-refractivity contribution is 6.34. The van der Waals surface area contributed by atoms with Gasteiger partial charge in [0, 0.05) is 18.2 Å². The Kier molecular flexibility index (Phi) is 6.42. The van der Waals surface area contributed by atoms with Gasteiger partial charge in [-0.05, 0) is 13.3 Å². The molecule has 0 aromatic heterocycles. The monoisotopic (exact) mass is 314 g/mol. The lowest BCUT2D eigenvalue weighted by Gasteiger charge is -2.18. The predicted octanol–water partition coefficient (Wildman–Crippen LogP) is 4.33. The molecule has 7 heteroatoms. The SMILES string of the molecule is CCCCCC(C)Nc1c(Cl)cc([N+](=O)[O-])cc1C(=O)O. The smallest absolute Gasteiger partial charge is 0.338 e. The van der Waals surface area contributed by atoms with Gasteiger partial charge in [0.1, 0.15) is 0 Å². The first kappa shape index (κ1) is 17.2. The maximum Gasteiger partial charge on any atom is 0.338 e. The summed E-state index contributed by atoms with van der Waals surface area (Å²) in [7, 11) is 0. The quantitative estimate of drug-likeness (QED) is 0.423. The Morgan fingerprint density at radius 1 is 1.48 bits per heavy atom. The molecule has 0 bridgehead atoms. The molecular formula is C14H19ClN2O4. The fraction of sp³-hybridized carbons (Fsp3) is 0.500. The zero-order valence-electron chi connectivity index (χ0n) is 12.1. The second-order valence-electron chi connectivity index (χ2n) is 4.95. The van der Waals surface area contributed by atoms with Gasteiger partial charge in [-0.15, -0.1) is 0 Å². The van der Waals surface area contributed by atoms with Gasteiger partial charge in [-0.25, -0.2) is 4.79 Å². The molecule has 0 amide bonds. The Morgan fingerprint density at radius 3 is 2.67 bits per heavy atom. The maximum atomic E-state index is 11.3. The number of nitro benzene ring substituents is 1. The van der Waals surface area contributed by atoms with Gasteiger partial charge in [-0.1, -0.05) is 37.8 Å². The molecule has 2 N–H and O–H groups in total. The lowest BCUT2D eigenvalue weighted by molar-refractivity contribution is -0.384. The van der Waals surface area contributed by atoms with E-state index < -0.39 is 10.9 Å². The van der Waals surface area contributed by atoms with E-state index in [1.165, 1.54) is 0 Å². The Hall–Kier alpha value is -1.82. The van der Waals surface area contributed by atoms with E-state index in [9.17, 15) is 20.0 Å². The molecule has 1 aromatic carbocycles. The van der Waals surface area contributed by atoms with Crippen LogP contribution in [0.25, 0.3) is 0 Å². The standard InChI is InChI=1S/C14H19ClN2O4/c1-3-4-5-6-9(2)16-13-11(14(18)19)7-10(17(20)21)8-12(13)15/h7-9,16H,3-6H2,1-2H3,(H,18,19). The van der Waals surface area contributed by atoms with Crippen LogP contribution >= 0.6 is 11.6 Å². The summed E-state index contributed by atoms with van der Waals surface area (Å²) in [6, 6.07) is 2.22. The average Bonchev–Trinajstić information content (AvgIpc) is 2.40. The second-order valence-corrected chi connectivity index (χ2v) is 5.36. The first-order valence-electron chi connectivity index (χ1n) is 6.84. The summed E-state index contributed by atoms with van der Waals surface area (Å²) < 4.78 is 0. The molecule has 0 spiro atoms. The third-order valence-corrected chi connectivity index (χ3v) is 3.45. The number of nitrogens with one attached hydrogen (secondary N) is 1. The van der Waals surface area contributed by atoms with Crippen LogP contribution < -0.4 is 5.32 Å². The van der Waals surface area contributed by atoms with Crippen LogP contribution in [0.1, 0.15) is 49.9 Å². The van der Waals surface area contributed by atoms with E-state index in [1.807, 2.05) is 6.92 Å². The van der Waals surface area contributed by atoms with E-state index in [-0.39, 0.29) is 28.0 Å². The summed E-state index contributed by atoms with van der Waals surface area (Å²) in [5, 5.41) is 23.1. The van der Waals surface area contributed by atoms with Crippen molar-refractivity contribution in [1.82, 2.24) is 0 Å². The van der Waals surface area contributed by atoms with Crippen LogP contribution in [0.4, 0.5) is 11.4 Å². The number of hydrogen-bond acceptors (Lipinski definition) is 4. The van der Waals surface area contributed by atoms with Crippen molar-refractivity contribution in [2.75, 3.05) is 5.32 Å². The molecule has 116 valence electrons. The molecule has 0 aliphatic carbocycles. The van der Waals surface area contributed by atoms with Crippen LogP contribution in [0.15, 0.2) is 12.1 Å². The minimum absolute atomic E-state index is 0.0357. The van der Waals surface area contributed by atoms with E-state index in [0.29, 0.717) is 0 Å². The molecular weight excluding hydrogens is 296 g/mol. The lowest BCUT2D eigenvalue weighted by atomic mass is 10.1. The van der Waals surface area contributed by atoms with Gasteiger partial charge in [0.05, 0.1) is 21.2 Å². The zero-order valence-corrected chi connectivity index (χ0v) is 12.8. The van der Waals surface area contributed by atoms with Crippen molar-refractivity contribution in [2.45, 2.75) is 45.6 Å². The van der Waals surface area contributed by atoms with Gasteiger partial charge in [0.2, 0.25) is 0 Å². The molecule has 0 saturated carbocycles. The van der Waals surface area contributed by atoms with E-state index in [1.54, 1.807) is 0 Å². The summed E-state index contributed by atoms with van der Waals surface area (Å²) in [5.41, 5.74) is -0.281. The lowest BCUT2D eigenvalue weighted by Crippen LogP contribution is -2.18. The third kappa shape index (κ3) is 4.90. The van der Waals surface area contributed by atoms with E-state index in [4.69, 9.17) is 11.6 Å². The number of nitro groups is 1. The Bertz CT molecular complexity index is 534. The van der Waals surface area contributed by atoms with Gasteiger partial charge < -0.3 is 10.4 Å². The Labute approximate surface area is 128 Å². The number of hydrogen-bond donors (Lipinski definition) is 2. The van der Waals surface area contributed by atoms with Crippen molar-refractivity contribution in [3.05, 3.63) is 32.8 Å². The van der Waals surface area contributed by atoms with Gasteiger partial charge in [0.15, 0.2) is 0 Å². The molecule has 0 saturated heterocycles. The van der Waals surface area contributed by atoms with Gasteiger partial charge in [-0.3, -0.25) is 10.1 Å². The van der Waals surface area contributed by atoms with Gasteiger partial charge >= 0.3 is 5.97 Å². The first-order chi connectivity index (χ1) is 9.86. The van der Waals surface area contributed by atoms with Crippen LogP contribution in [-0.4, -0.2) is 22.0 Å². The summed E-state index contributed by atoms with van der Waals surface area (Å²) in [5.74, 6) is -1.25. The number of non-ortho nitro benzene ring substituents is 1. The van der Waals surface area contributed by atoms with Crippen molar-refractivity contribution in [3.63, 3.8) is 0 Å². The highest BCUT2D eigenvalue weighted by atomic mass is 35.5. The molecule has 1 rings (SSSR count). The molecule has 0 aliphatic rings. The third-order valence-electron chi connectivity index (χ3n) is 3.15. The molecule has 0 radical (unpaired) electrons. The van der Waals surface area contributed by atoms with Crippen molar-refractivity contribution in [3.8, 4) is 0 Å². The molecule has 0 heterocycles. The topological polar surface area (TPSA) is 92.5 Å². The summed E-state index contributed by atoms with van der Waals surface area (Å²) in [6.45, 7) is 4.03. The van der Waals surface area contributed by atoms with E-state index in [0.717, 1.165) is 37.8 Å². The number of halogens is 1. The summed E-state index contributed by atoms with van der Waals surface area (Å²) in [6.07, 6.45) is 4.11. The number of anilines is 1. The average molecular weight is 315 g/mol. The largest absolute Gasteiger partial charge is 0.478 e. The van der Waals surface area contributed by atoms with Crippen LogP contribution in [0.2, 0.25) is 5.02 Å². The Balaban J connectivity index is 3.00. The maximum absolute atomic E-state index is 11.3. The molecule has 21 heavy (non-hydrogen) atoms. The molecule has 0 fully saturated rings. The number of carboxylic acids is 1. The first-order valence-corrected chi connectivity index (χ1v) is 7.22. The minimum Gasteiger partial charge on any atom is -0.478 e. The second kappa shape index (κ2) is 7.83. The molecule has 6 nitrogen and oxygen atoms in total. The predicted molar refractivity (Wildman–Crippen MR) is 82.3 cm³/mol. The number of carbonyl (C=O) groups is 1. The fourth-order valence-corrected chi connectivity index (χ4v) is 2.30. The Morgan fingerprint density at radius 2 is 2.14 bits per heavy atom. The zero-order chi connectivity index (χ0) is 16.0. The van der Waals surface area contributed by atoms with E-state index >= 15 is 0 Å². The number of nitrogens with zero attached hydrogens (tertiary/aromatic N) is 1. The fourth-order valence-electron chi connectivity index (χ4n) is 2.03. The van der Waals surface area contributed by atoms with E-state index in [2.05, 4.69) is 12.2 Å². The number of carboxylic acid groups (broad SMARTS) is 1. The molecule has 1 aromatic rings. The number of benzene rings is 1. The van der Waals surface area contributed by atoms with Gasteiger partial charge in [0.25, 0.3) is 5.69 Å². The number of rotatable bonds is 8. The molecule has 0 aliphatic heterocycles. The highest BCUT2D eigenvalue weighted by Gasteiger charge is 2.21. The van der Waals surface area contributed by atoms with Crippen LogP contribution in [0.3, 0.4) is 0 Å². The van der Waals surface area contributed by atoms with Crippen LogP contribution in [0, 0.1) is 10.1 Å². The minimum atomic E-state index is -1.25. The van der Waals surface area contributed by atoms with Crippen molar-refractivity contribution in [2.24, 2.45) is 0 Å². The summed E-state index contributed by atoms with van der Waals surface area (Å²) in [4.78, 5) is 21.4. The van der Waals surface area contributed by atoms with Crippen LogP contribution in [-0.2, 0) is 0 Å². The highest BCUT2D eigenvalue weighted by Crippen LogP contribution is 2.32. The van der Waals surface area contributed by atoms with Crippen molar-refractivity contribution >= 4 is 28.9 Å².